The van der Waals surface area contributed by atoms with E-state index >= 15 is 0 Å². The second-order valence-electron chi connectivity index (χ2n) is 2.83. The fourth-order valence-corrected chi connectivity index (χ4v) is 1.34. The van der Waals surface area contributed by atoms with E-state index in [1.165, 1.54) is 0 Å². The highest BCUT2D eigenvalue weighted by molar-refractivity contribution is 5.88. The number of rotatable bonds is 1. The van der Waals surface area contributed by atoms with Crippen molar-refractivity contribution in [2.45, 2.75) is 0 Å². The minimum atomic E-state index is 0.0595. The summed E-state index contributed by atoms with van der Waals surface area (Å²) in [7, 11) is 0. The minimum Gasteiger partial charge on any atom is -0.508 e. The standard InChI is InChI=1S/C11H9NO/c1-8(13)10-6-2-4-9-5-3-7-12-11(9)10/h2-7,13H,1H2. The minimum absolute atomic E-state index is 0.0595. The molecule has 0 radical (unpaired) electrons. The summed E-state index contributed by atoms with van der Waals surface area (Å²) < 4.78 is 0. The number of nitrogens with zero attached hydrogens (tertiary/aromatic N) is 1. The van der Waals surface area contributed by atoms with Gasteiger partial charge < -0.3 is 5.11 Å². The lowest BCUT2D eigenvalue weighted by atomic mass is 10.1. The molecule has 13 heavy (non-hydrogen) atoms. The summed E-state index contributed by atoms with van der Waals surface area (Å²) in [6, 6.07) is 9.45. The fraction of sp³-hybridized carbons (Fsp3) is 0. The third-order valence-corrected chi connectivity index (χ3v) is 1.94. The Labute approximate surface area is 76.2 Å². The van der Waals surface area contributed by atoms with Crippen molar-refractivity contribution < 1.29 is 5.11 Å². The van der Waals surface area contributed by atoms with Gasteiger partial charge in [0.2, 0.25) is 0 Å². The van der Waals surface area contributed by atoms with E-state index in [1.54, 1.807) is 12.3 Å². The first-order valence-electron chi connectivity index (χ1n) is 4.01. The topological polar surface area (TPSA) is 33.1 Å². The van der Waals surface area contributed by atoms with Gasteiger partial charge in [-0.15, -0.1) is 0 Å². The average Bonchev–Trinajstić information content (AvgIpc) is 2.17. The quantitative estimate of drug-likeness (QED) is 0.669. The van der Waals surface area contributed by atoms with Gasteiger partial charge in [-0.1, -0.05) is 24.8 Å². The first-order chi connectivity index (χ1) is 6.29. The molecule has 1 aromatic heterocycles. The second-order valence-corrected chi connectivity index (χ2v) is 2.83. The van der Waals surface area contributed by atoms with Crippen molar-refractivity contribution in [2.75, 3.05) is 0 Å². The molecule has 64 valence electrons. The summed E-state index contributed by atoms with van der Waals surface area (Å²) in [6.07, 6.45) is 1.70. The molecule has 0 saturated heterocycles. The molecular weight excluding hydrogens is 162 g/mol. The lowest BCUT2D eigenvalue weighted by Gasteiger charge is -2.02. The first kappa shape index (κ1) is 7.80. The van der Waals surface area contributed by atoms with Crippen LogP contribution in [-0.2, 0) is 0 Å². The molecule has 0 atom stereocenters. The Morgan fingerprint density at radius 3 is 2.77 bits per heavy atom. The van der Waals surface area contributed by atoms with E-state index in [9.17, 15) is 5.11 Å². The predicted molar refractivity (Wildman–Crippen MR) is 53.4 cm³/mol. The Kier molecular flexibility index (Phi) is 1.74. The van der Waals surface area contributed by atoms with E-state index in [0.717, 1.165) is 10.9 Å². The van der Waals surface area contributed by atoms with E-state index in [1.807, 2.05) is 24.3 Å². The molecule has 0 amide bonds. The van der Waals surface area contributed by atoms with Crippen LogP contribution in [0.2, 0.25) is 0 Å². The van der Waals surface area contributed by atoms with Gasteiger partial charge in [0.25, 0.3) is 0 Å². The Bertz CT molecular complexity index is 457. The van der Waals surface area contributed by atoms with Gasteiger partial charge in [-0.3, -0.25) is 4.98 Å². The van der Waals surface area contributed by atoms with Gasteiger partial charge >= 0.3 is 0 Å². The maximum atomic E-state index is 9.29. The molecule has 2 heteroatoms. The third kappa shape index (κ3) is 1.26. The SMILES string of the molecule is C=C(O)c1cccc2cccnc12. The number of benzene rings is 1. The number of pyridine rings is 1. The molecule has 0 bridgehead atoms. The molecule has 0 aliphatic rings. The molecule has 1 N–H and O–H groups in total. The van der Waals surface area contributed by atoms with Gasteiger partial charge in [0.05, 0.1) is 5.52 Å². The van der Waals surface area contributed by atoms with Crippen LogP contribution in [0.1, 0.15) is 5.56 Å². The molecule has 2 rings (SSSR count). The largest absolute Gasteiger partial charge is 0.508 e. The molecule has 0 saturated carbocycles. The zero-order chi connectivity index (χ0) is 9.26. The van der Waals surface area contributed by atoms with Crippen molar-refractivity contribution in [3.8, 4) is 0 Å². The molecule has 2 aromatic rings. The zero-order valence-corrected chi connectivity index (χ0v) is 7.07. The van der Waals surface area contributed by atoms with Crippen LogP contribution in [0.5, 0.6) is 0 Å². The van der Waals surface area contributed by atoms with Crippen molar-refractivity contribution in [2.24, 2.45) is 0 Å². The number of hydrogen-bond donors (Lipinski definition) is 1. The van der Waals surface area contributed by atoms with E-state index in [2.05, 4.69) is 11.6 Å². The summed E-state index contributed by atoms with van der Waals surface area (Å²) in [5.41, 5.74) is 1.48. The molecule has 0 aliphatic heterocycles. The molecule has 1 heterocycles. The average molecular weight is 171 g/mol. The van der Waals surface area contributed by atoms with Crippen LogP contribution >= 0.6 is 0 Å². The number of aliphatic hydroxyl groups excluding tert-OH is 1. The number of hydrogen-bond acceptors (Lipinski definition) is 2. The van der Waals surface area contributed by atoms with Crippen LogP contribution in [0.15, 0.2) is 43.1 Å². The summed E-state index contributed by atoms with van der Waals surface area (Å²) >= 11 is 0. The van der Waals surface area contributed by atoms with Gasteiger partial charge in [0.15, 0.2) is 0 Å². The molecule has 0 spiro atoms. The Morgan fingerprint density at radius 1 is 1.23 bits per heavy atom. The lowest BCUT2D eigenvalue weighted by Crippen LogP contribution is -1.86. The molecular formula is C11H9NO. The smallest absolute Gasteiger partial charge is 0.117 e. The van der Waals surface area contributed by atoms with Crippen LogP contribution < -0.4 is 0 Å². The first-order valence-corrected chi connectivity index (χ1v) is 4.01. The second kappa shape index (κ2) is 2.90. The van der Waals surface area contributed by atoms with Crippen molar-refractivity contribution >= 4 is 16.7 Å². The number of aliphatic hydroxyl groups is 1. The highest BCUT2D eigenvalue weighted by Crippen LogP contribution is 2.19. The van der Waals surface area contributed by atoms with Crippen LogP contribution in [-0.4, -0.2) is 10.1 Å². The summed E-state index contributed by atoms with van der Waals surface area (Å²) in [5.74, 6) is 0.0595. The van der Waals surface area contributed by atoms with E-state index in [0.29, 0.717) is 5.56 Å². The van der Waals surface area contributed by atoms with E-state index < -0.39 is 0 Å². The molecule has 0 unspecified atom stereocenters. The van der Waals surface area contributed by atoms with Crippen LogP contribution in [0, 0.1) is 0 Å². The summed E-state index contributed by atoms with van der Waals surface area (Å²) in [6.45, 7) is 3.49. The van der Waals surface area contributed by atoms with Crippen molar-refractivity contribution in [1.29, 1.82) is 0 Å². The fourth-order valence-electron chi connectivity index (χ4n) is 1.34. The summed E-state index contributed by atoms with van der Waals surface area (Å²) in [5, 5.41) is 10.3. The Balaban J connectivity index is 2.83. The normalized spacial score (nSPS) is 10.2. The van der Waals surface area contributed by atoms with Gasteiger partial charge in [0, 0.05) is 17.1 Å². The van der Waals surface area contributed by atoms with Crippen LogP contribution in [0.25, 0.3) is 16.7 Å². The van der Waals surface area contributed by atoms with Crippen molar-refractivity contribution in [3.63, 3.8) is 0 Å². The highest BCUT2D eigenvalue weighted by Gasteiger charge is 2.02. The van der Waals surface area contributed by atoms with Gasteiger partial charge in [-0.05, 0) is 12.1 Å². The maximum absolute atomic E-state index is 9.29. The van der Waals surface area contributed by atoms with Gasteiger partial charge in [0.1, 0.15) is 5.76 Å². The molecule has 1 aromatic carbocycles. The monoisotopic (exact) mass is 171 g/mol. The number of fused-ring (bicyclic) bond motifs is 1. The number of para-hydroxylation sites is 1. The molecule has 0 fully saturated rings. The molecule has 2 nitrogen and oxygen atoms in total. The van der Waals surface area contributed by atoms with Crippen LogP contribution in [0.4, 0.5) is 0 Å². The zero-order valence-electron chi connectivity index (χ0n) is 7.07. The number of aromatic nitrogens is 1. The summed E-state index contributed by atoms with van der Waals surface area (Å²) in [4.78, 5) is 4.18. The Morgan fingerprint density at radius 2 is 2.00 bits per heavy atom. The van der Waals surface area contributed by atoms with Crippen molar-refractivity contribution in [3.05, 3.63) is 48.7 Å². The Hall–Kier alpha value is -1.83. The lowest BCUT2D eigenvalue weighted by molar-refractivity contribution is 0.514. The van der Waals surface area contributed by atoms with Gasteiger partial charge in [-0.2, -0.15) is 0 Å². The van der Waals surface area contributed by atoms with Crippen LogP contribution in [0.3, 0.4) is 0 Å². The maximum Gasteiger partial charge on any atom is 0.117 e. The molecule has 0 aliphatic carbocycles. The van der Waals surface area contributed by atoms with Crippen molar-refractivity contribution in [1.82, 2.24) is 4.98 Å². The van der Waals surface area contributed by atoms with Gasteiger partial charge in [-0.25, -0.2) is 0 Å². The predicted octanol–water partition coefficient (Wildman–Crippen LogP) is 2.76. The highest BCUT2D eigenvalue weighted by atomic mass is 16.3. The third-order valence-electron chi connectivity index (χ3n) is 1.94. The van der Waals surface area contributed by atoms with E-state index in [-0.39, 0.29) is 5.76 Å². The van der Waals surface area contributed by atoms with E-state index in [4.69, 9.17) is 0 Å².